The highest BCUT2D eigenvalue weighted by molar-refractivity contribution is 6.02. The van der Waals surface area contributed by atoms with Gasteiger partial charge in [0.2, 0.25) is 94.5 Å². The summed E-state index contributed by atoms with van der Waals surface area (Å²) >= 11 is 0. The molecule has 4 aromatic rings. The number of carboxylic acid groups (broad SMARTS) is 5. The normalized spacial score (nSPS) is 14.0. The number of carbonyl (C=O) groups excluding carboxylic acids is 16. The van der Waals surface area contributed by atoms with Gasteiger partial charge in [0.1, 0.15) is 78.5 Å². The molecule has 13 atom stereocenters. The number of nitrogens with zero attached hydrogens (tertiary/aromatic N) is 3. The van der Waals surface area contributed by atoms with Gasteiger partial charge in [0.15, 0.2) is 0 Å². The van der Waals surface area contributed by atoms with Crippen molar-refractivity contribution in [3.8, 4) is 0 Å². The molecule has 3 heterocycles. The number of hydrogen-bond acceptors (Lipinski definition) is 27. The van der Waals surface area contributed by atoms with E-state index in [-0.39, 0.29) is 70.2 Å². The average Bonchev–Trinajstić information content (AvgIpc) is 1.09. The number of carboxylic acids is 5. The molecular formula is C79H117N25O26. The second-order valence-corrected chi connectivity index (χ2v) is 31.0. The third-order valence-corrected chi connectivity index (χ3v) is 19.3. The Morgan fingerprint density at radius 3 is 1.00 bits per heavy atom. The second-order valence-electron chi connectivity index (χ2n) is 31.0. The number of nitrogens with one attached hydrogen (secondary N) is 18. The molecule has 16 amide bonds. The average molecular weight is 1830 g/mol. The summed E-state index contributed by atoms with van der Waals surface area (Å²) in [5, 5.41) is 84.7. The van der Waals surface area contributed by atoms with Gasteiger partial charge in [0, 0.05) is 74.2 Å². The first-order valence-corrected chi connectivity index (χ1v) is 41.5. The van der Waals surface area contributed by atoms with Crippen LogP contribution in [0, 0.1) is 11.8 Å². The maximum Gasteiger partial charge on any atom is 0.326 e. The molecule has 0 fully saturated rings. The Morgan fingerprint density at radius 1 is 0.331 bits per heavy atom. The van der Waals surface area contributed by atoms with E-state index in [1.165, 1.54) is 51.4 Å². The van der Waals surface area contributed by atoms with E-state index < -0.39 is 286 Å². The molecule has 0 radical (unpaired) electrons. The van der Waals surface area contributed by atoms with Crippen molar-refractivity contribution in [2.24, 2.45) is 34.8 Å². The smallest absolute Gasteiger partial charge is 0.326 e. The summed E-state index contributed by atoms with van der Waals surface area (Å²) in [6.45, 7) is 4.47. The van der Waals surface area contributed by atoms with Crippen molar-refractivity contribution in [1.82, 2.24) is 110 Å². The van der Waals surface area contributed by atoms with Crippen LogP contribution in [-0.2, 0) is 126 Å². The maximum absolute atomic E-state index is 14.7. The Balaban J connectivity index is 1.58. The molecule has 0 aliphatic rings. The van der Waals surface area contributed by atoms with Crippen molar-refractivity contribution >= 4 is 124 Å². The minimum absolute atomic E-state index is 0.0123. The lowest BCUT2D eigenvalue weighted by Gasteiger charge is -2.28. The number of unbranched alkanes of at least 4 members (excludes halogenated alkanes) is 2. The van der Waals surface area contributed by atoms with Gasteiger partial charge in [-0.3, -0.25) is 95.9 Å². The lowest BCUT2D eigenvalue weighted by molar-refractivity contribution is -0.144. The Labute approximate surface area is 743 Å². The van der Waals surface area contributed by atoms with E-state index in [1.807, 2.05) is 10.6 Å². The predicted molar refractivity (Wildman–Crippen MR) is 452 cm³/mol. The van der Waals surface area contributed by atoms with Gasteiger partial charge >= 0.3 is 29.8 Å². The van der Waals surface area contributed by atoms with Crippen LogP contribution in [0.4, 0.5) is 0 Å². The largest absolute Gasteiger partial charge is 0.481 e. The highest BCUT2D eigenvalue weighted by Gasteiger charge is 2.40. The number of aliphatic carboxylic acids is 5. The van der Waals surface area contributed by atoms with Crippen molar-refractivity contribution in [1.29, 1.82) is 0 Å². The Kier molecular flexibility index (Phi) is 47.0. The van der Waals surface area contributed by atoms with Gasteiger partial charge in [-0.25, -0.2) is 19.7 Å². The van der Waals surface area contributed by atoms with Gasteiger partial charge in [-0.1, -0.05) is 58.0 Å². The van der Waals surface area contributed by atoms with Crippen LogP contribution in [0.1, 0.15) is 147 Å². The van der Waals surface area contributed by atoms with E-state index in [1.54, 1.807) is 44.2 Å². The monoisotopic (exact) mass is 1830 g/mol. The first-order chi connectivity index (χ1) is 61.6. The van der Waals surface area contributed by atoms with E-state index >= 15 is 0 Å². The fourth-order valence-electron chi connectivity index (χ4n) is 12.7. The van der Waals surface area contributed by atoms with E-state index in [4.69, 9.17) is 22.9 Å². The van der Waals surface area contributed by atoms with Crippen LogP contribution in [0.3, 0.4) is 0 Å². The predicted octanol–water partition coefficient (Wildman–Crippen LogP) is -8.39. The number of benzene rings is 1. The molecule has 4 rings (SSSR count). The van der Waals surface area contributed by atoms with Crippen LogP contribution in [0.25, 0.3) is 0 Å². The number of carbonyl (C=O) groups is 21. The van der Waals surface area contributed by atoms with Crippen LogP contribution in [-0.4, -0.2) is 291 Å². The summed E-state index contributed by atoms with van der Waals surface area (Å²) in [4.78, 5) is 303. The highest BCUT2D eigenvalue weighted by atomic mass is 16.4. The topological polar surface area (TPSA) is 830 Å². The Morgan fingerprint density at radius 2 is 0.646 bits per heavy atom. The molecule has 51 nitrogen and oxygen atoms in total. The first kappa shape index (κ1) is 108. The van der Waals surface area contributed by atoms with Gasteiger partial charge in [-0.2, -0.15) is 0 Å². The van der Waals surface area contributed by atoms with Crippen LogP contribution in [0.5, 0.6) is 0 Å². The molecular weight excluding hydrogens is 1720 g/mol. The molecule has 1 aromatic carbocycles. The summed E-state index contributed by atoms with van der Waals surface area (Å²) in [5.74, 6) is -27.5. The second kappa shape index (κ2) is 56.6. The summed E-state index contributed by atoms with van der Waals surface area (Å²) in [7, 11) is 0. The van der Waals surface area contributed by atoms with E-state index in [9.17, 15) is 126 Å². The molecule has 0 bridgehead atoms. The Bertz CT molecular complexity index is 4480. The number of amides is 16. The number of primary amides is 1. The van der Waals surface area contributed by atoms with E-state index in [0.29, 0.717) is 36.2 Å². The number of hydrogen-bond donors (Lipinski definition) is 27. The van der Waals surface area contributed by atoms with Gasteiger partial charge in [0.05, 0.1) is 57.9 Å². The molecule has 51 heteroatoms. The van der Waals surface area contributed by atoms with Crippen molar-refractivity contribution in [2.45, 2.75) is 228 Å². The minimum Gasteiger partial charge on any atom is -0.481 e. The zero-order valence-corrected chi connectivity index (χ0v) is 71.9. The van der Waals surface area contributed by atoms with Crippen molar-refractivity contribution in [3.63, 3.8) is 0 Å². The zero-order valence-electron chi connectivity index (χ0n) is 71.9. The molecule has 31 N–H and O–H groups in total. The lowest BCUT2D eigenvalue weighted by atomic mass is 10.00. The number of aromatic amines is 3. The Hall–Kier alpha value is -14.4. The number of aromatic nitrogens is 6. The highest BCUT2D eigenvalue weighted by Crippen LogP contribution is 2.16. The molecule has 714 valence electrons. The summed E-state index contributed by atoms with van der Waals surface area (Å²) < 4.78 is 0. The van der Waals surface area contributed by atoms with Crippen molar-refractivity contribution in [2.75, 3.05) is 32.7 Å². The molecule has 0 spiro atoms. The summed E-state index contributed by atoms with van der Waals surface area (Å²) in [5.41, 5.74) is 24.0. The fraction of sp³-hybridized carbons (Fsp3) is 0.544. The van der Waals surface area contributed by atoms with Crippen LogP contribution in [0.15, 0.2) is 67.9 Å². The van der Waals surface area contributed by atoms with Crippen molar-refractivity contribution in [3.05, 3.63) is 90.5 Å². The first-order valence-electron chi connectivity index (χ1n) is 41.5. The fourth-order valence-corrected chi connectivity index (χ4v) is 12.7. The van der Waals surface area contributed by atoms with Gasteiger partial charge < -0.3 is 143 Å². The summed E-state index contributed by atoms with van der Waals surface area (Å²) in [6.07, 6.45) is 0.362. The molecule has 0 aliphatic carbocycles. The maximum atomic E-state index is 14.7. The molecule has 0 saturated heterocycles. The number of rotatable bonds is 63. The number of nitrogens with two attached hydrogens (primary N) is 4. The summed E-state index contributed by atoms with van der Waals surface area (Å²) in [6, 6.07) is -14.7. The molecule has 0 saturated carbocycles. The number of H-pyrrole nitrogens is 3. The van der Waals surface area contributed by atoms with Gasteiger partial charge in [-0.15, -0.1) is 0 Å². The van der Waals surface area contributed by atoms with Gasteiger partial charge in [-0.05, 0) is 94.7 Å². The van der Waals surface area contributed by atoms with Crippen LogP contribution >= 0.6 is 0 Å². The minimum atomic E-state index is -2.36. The van der Waals surface area contributed by atoms with E-state index in [2.05, 4.69) is 99.0 Å². The lowest BCUT2D eigenvalue weighted by Crippen LogP contribution is -2.61. The third-order valence-electron chi connectivity index (χ3n) is 19.3. The number of imidazole rings is 3. The molecule has 3 aromatic heterocycles. The third kappa shape index (κ3) is 41.4. The van der Waals surface area contributed by atoms with E-state index in [0.717, 1.165) is 0 Å². The van der Waals surface area contributed by atoms with Crippen LogP contribution < -0.4 is 103 Å². The molecule has 0 aliphatic heterocycles. The SMILES string of the molecule is CC(C)C[C@H](NC(=O)[C@H](CC(=O)O)NC(=O)[C@H](CC(=O)O)NC(=O)[C@H](CC(=O)O)NC(=O)[C@H](CC(C)C)NC(=O)[C@H](CCCCN)NC(=O)[C@H](Cc1ccccc1)NC(=O)[C@H](CCCCN)NC(=O)[C@H](Cc1cnc[nH]1)NC(=O)CN)C(=O)N[C@@H](CCC(=O)O)C(=O)N[C@@H](Cc1cnc[nH]1)C(=O)N[C@@H](CCC(N)=O)C(=O)NCC(=O)NCC(=O)N[C@@H](Cc1cnc[nH]1)C(=O)O. The zero-order chi connectivity index (χ0) is 96.7. The van der Waals surface area contributed by atoms with Crippen LogP contribution in [0.2, 0.25) is 0 Å². The van der Waals surface area contributed by atoms with Crippen molar-refractivity contribution < 1.29 is 126 Å². The molecule has 0 unspecified atom stereocenters. The van der Waals surface area contributed by atoms with Gasteiger partial charge in [0.25, 0.3) is 0 Å². The standard InChI is InChI=1S/C79H117N25O26/c1-40(2)22-50(71(121)97-49(17-19-63(109)110)70(120)101-54(26-44-33-85-38-90-44)75(125)96-48(16-18-59(83)105)67(117)88-35-61(107)87-36-62(108)93-58(79(129)130)27-45-34-86-39-91-45)99-76(126)55(28-64(111)112)103-78(128)57(30-66(115)116)104-77(127)56(29-65(113)114)102-72(122)51(23-41(3)4)98-68(118)46(14-8-10-20-80)94-73(123)52(24-42-12-6-5-7-13-42)100-69(119)47(15-9-11-21-81)95-74(124)53(92-60(106)31-82)25-43-32-84-37-89-43/h5-7,12-13,32-34,37-41,46-58H,8-11,14-31,35-36,80-82H2,1-4H3,(H2,83,105)(H,84,89)(H,85,90)(H,86,91)(H,87,107)(H,88,117)(H,92,106)(H,93,108)(H,94,123)(H,95,124)(H,96,125)(H,97,121)(H,98,118)(H,99,126)(H,100,119)(H,101,120)(H,102,122)(H,103,128)(H,104,127)(H,109,110)(H,111,112)(H,113,114)(H,115,116)(H,129,130)/t46-,47-,48-,49-,50-,51-,52-,53-,54-,55-,56-,57-,58-/m0/s1. The molecule has 130 heavy (non-hydrogen) atoms. The quantitative estimate of drug-likeness (QED) is 0.0183.